The number of nitro benzene ring substituents is 1. The predicted molar refractivity (Wildman–Crippen MR) is 84.3 cm³/mol. The first-order chi connectivity index (χ1) is 9.88. The molecule has 0 saturated carbocycles. The Morgan fingerprint density at radius 3 is 2.62 bits per heavy atom. The quantitative estimate of drug-likeness (QED) is 0.503. The Morgan fingerprint density at radius 2 is 2.00 bits per heavy atom. The Kier molecular flexibility index (Phi) is 4.23. The number of nitrogen functional groups attached to an aromatic ring is 1. The molecule has 108 valence electrons. The fraction of sp³-hybridized carbons (Fsp3) is 0.0714. The van der Waals surface area contributed by atoms with Crippen molar-refractivity contribution < 1.29 is 9.72 Å². The van der Waals surface area contributed by atoms with Gasteiger partial charge in [0.05, 0.1) is 4.92 Å². The molecule has 0 atom stereocenters. The monoisotopic (exact) mass is 349 g/mol. The molecule has 7 heteroatoms. The van der Waals surface area contributed by atoms with E-state index in [-0.39, 0.29) is 16.9 Å². The van der Waals surface area contributed by atoms with Gasteiger partial charge < -0.3 is 11.1 Å². The SMILES string of the molecule is Cc1cc(NC(=O)c2ccc(N)c([N+](=O)[O-])c2)ccc1Br. The number of benzene rings is 2. The van der Waals surface area contributed by atoms with E-state index in [9.17, 15) is 14.9 Å². The molecular weight excluding hydrogens is 338 g/mol. The summed E-state index contributed by atoms with van der Waals surface area (Å²) in [5.41, 5.74) is 7.00. The van der Waals surface area contributed by atoms with Crippen molar-refractivity contribution in [3.63, 3.8) is 0 Å². The van der Waals surface area contributed by atoms with Crippen molar-refractivity contribution in [3.8, 4) is 0 Å². The number of amides is 1. The van der Waals surface area contributed by atoms with Gasteiger partial charge in [-0.15, -0.1) is 0 Å². The molecule has 0 fully saturated rings. The molecule has 0 aromatic heterocycles. The number of hydrogen-bond acceptors (Lipinski definition) is 4. The van der Waals surface area contributed by atoms with E-state index in [0.29, 0.717) is 5.69 Å². The lowest BCUT2D eigenvalue weighted by molar-refractivity contribution is -0.383. The van der Waals surface area contributed by atoms with Crippen molar-refractivity contribution in [2.45, 2.75) is 6.92 Å². The van der Waals surface area contributed by atoms with Crippen molar-refractivity contribution in [1.29, 1.82) is 0 Å². The van der Waals surface area contributed by atoms with Crippen LogP contribution in [0.2, 0.25) is 0 Å². The van der Waals surface area contributed by atoms with E-state index in [0.717, 1.165) is 16.1 Å². The van der Waals surface area contributed by atoms with Gasteiger partial charge >= 0.3 is 0 Å². The van der Waals surface area contributed by atoms with Crippen LogP contribution in [0.25, 0.3) is 0 Å². The minimum absolute atomic E-state index is 0.0241. The van der Waals surface area contributed by atoms with Gasteiger partial charge in [-0.3, -0.25) is 14.9 Å². The molecule has 0 aliphatic carbocycles. The molecule has 2 aromatic carbocycles. The molecule has 0 aliphatic rings. The van der Waals surface area contributed by atoms with Crippen LogP contribution in [-0.4, -0.2) is 10.8 Å². The third-order valence-electron chi connectivity index (χ3n) is 2.91. The van der Waals surface area contributed by atoms with Gasteiger partial charge in [-0.1, -0.05) is 15.9 Å². The lowest BCUT2D eigenvalue weighted by Crippen LogP contribution is -2.12. The highest BCUT2D eigenvalue weighted by Crippen LogP contribution is 2.24. The van der Waals surface area contributed by atoms with Crippen LogP contribution in [0.5, 0.6) is 0 Å². The van der Waals surface area contributed by atoms with E-state index in [4.69, 9.17) is 5.73 Å². The summed E-state index contributed by atoms with van der Waals surface area (Å²) in [6.45, 7) is 1.90. The topological polar surface area (TPSA) is 98.3 Å². The van der Waals surface area contributed by atoms with Gasteiger partial charge in [-0.25, -0.2) is 0 Å². The number of carbonyl (C=O) groups excluding carboxylic acids is 1. The highest BCUT2D eigenvalue weighted by Gasteiger charge is 2.15. The molecular formula is C14H12BrN3O3. The molecule has 21 heavy (non-hydrogen) atoms. The van der Waals surface area contributed by atoms with Crippen LogP contribution in [0.15, 0.2) is 40.9 Å². The van der Waals surface area contributed by atoms with Gasteiger partial charge in [0.25, 0.3) is 11.6 Å². The summed E-state index contributed by atoms with van der Waals surface area (Å²) in [5.74, 6) is -0.431. The molecule has 0 spiro atoms. The zero-order valence-electron chi connectivity index (χ0n) is 11.1. The van der Waals surface area contributed by atoms with Gasteiger partial charge in [-0.2, -0.15) is 0 Å². The zero-order chi connectivity index (χ0) is 15.6. The highest BCUT2D eigenvalue weighted by atomic mass is 79.9. The number of carbonyl (C=O) groups is 1. The number of anilines is 2. The molecule has 0 heterocycles. The first-order valence-corrected chi connectivity index (χ1v) is 6.79. The summed E-state index contributed by atoms with van der Waals surface area (Å²) in [4.78, 5) is 22.3. The smallest absolute Gasteiger partial charge is 0.292 e. The molecule has 0 saturated heterocycles. The van der Waals surface area contributed by atoms with Crippen LogP contribution in [0, 0.1) is 17.0 Å². The van der Waals surface area contributed by atoms with Gasteiger partial charge in [0, 0.05) is 21.8 Å². The minimum Gasteiger partial charge on any atom is -0.393 e. The molecule has 0 aliphatic heterocycles. The second-order valence-corrected chi connectivity index (χ2v) is 5.30. The van der Waals surface area contributed by atoms with Crippen molar-refractivity contribution in [3.05, 3.63) is 62.1 Å². The summed E-state index contributed by atoms with van der Waals surface area (Å²) >= 11 is 3.37. The van der Waals surface area contributed by atoms with E-state index in [1.54, 1.807) is 12.1 Å². The molecule has 3 N–H and O–H groups in total. The van der Waals surface area contributed by atoms with Gasteiger partial charge in [0.2, 0.25) is 0 Å². The zero-order valence-corrected chi connectivity index (χ0v) is 12.7. The van der Waals surface area contributed by atoms with E-state index in [1.807, 2.05) is 13.0 Å². The maximum absolute atomic E-state index is 12.1. The lowest BCUT2D eigenvalue weighted by Gasteiger charge is -2.07. The maximum Gasteiger partial charge on any atom is 0.292 e. The minimum atomic E-state index is -0.615. The van der Waals surface area contributed by atoms with E-state index in [1.165, 1.54) is 12.1 Å². The summed E-state index contributed by atoms with van der Waals surface area (Å²) < 4.78 is 0.934. The van der Waals surface area contributed by atoms with Gasteiger partial charge in [0.15, 0.2) is 0 Å². The second-order valence-electron chi connectivity index (χ2n) is 4.45. The lowest BCUT2D eigenvalue weighted by atomic mass is 10.1. The number of nitrogens with one attached hydrogen (secondary N) is 1. The third-order valence-corrected chi connectivity index (χ3v) is 3.79. The number of hydrogen-bond donors (Lipinski definition) is 2. The standard InChI is InChI=1S/C14H12BrN3O3/c1-8-6-10(3-4-11(8)15)17-14(19)9-2-5-12(16)13(7-9)18(20)21/h2-7H,16H2,1H3,(H,17,19). The molecule has 0 radical (unpaired) electrons. The molecule has 0 bridgehead atoms. The Morgan fingerprint density at radius 1 is 1.29 bits per heavy atom. The average Bonchev–Trinajstić information content (AvgIpc) is 2.43. The van der Waals surface area contributed by atoms with Crippen molar-refractivity contribution in [2.24, 2.45) is 0 Å². The molecule has 1 amide bonds. The molecule has 0 unspecified atom stereocenters. The number of aryl methyl sites for hydroxylation is 1. The molecule has 6 nitrogen and oxygen atoms in total. The summed E-state index contributed by atoms with van der Waals surface area (Å²) in [6, 6.07) is 9.31. The summed E-state index contributed by atoms with van der Waals surface area (Å²) in [5, 5.41) is 13.5. The van der Waals surface area contributed by atoms with Gasteiger partial charge in [-0.05, 0) is 42.8 Å². The van der Waals surface area contributed by atoms with Crippen molar-refractivity contribution >= 4 is 38.9 Å². The summed E-state index contributed by atoms with van der Waals surface area (Å²) in [6.07, 6.45) is 0. The predicted octanol–water partition coefficient (Wildman–Crippen LogP) is 3.50. The van der Waals surface area contributed by atoms with Crippen LogP contribution in [0.1, 0.15) is 15.9 Å². The number of nitrogens with zero attached hydrogens (tertiary/aromatic N) is 1. The second kappa shape index (κ2) is 5.92. The van der Waals surface area contributed by atoms with Crippen molar-refractivity contribution in [1.82, 2.24) is 0 Å². The fourth-order valence-electron chi connectivity index (χ4n) is 1.77. The van der Waals surface area contributed by atoms with Crippen LogP contribution in [-0.2, 0) is 0 Å². The Balaban J connectivity index is 2.26. The van der Waals surface area contributed by atoms with Crippen LogP contribution in [0.3, 0.4) is 0 Å². The number of nitro groups is 1. The third kappa shape index (κ3) is 3.38. The van der Waals surface area contributed by atoms with Crippen molar-refractivity contribution in [2.75, 3.05) is 11.1 Å². The van der Waals surface area contributed by atoms with E-state index >= 15 is 0 Å². The molecule has 2 aromatic rings. The maximum atomic E-state index is 12.1. The van der Waals surface area contributed by atoms with E-state index < -0.39 is 10.8 Å². The normalized spacial score (nSPS) is 10.2. The number of rotatable bonds is 3. The largest absolute Gasteiger partial charge is 0.393 e. The van der Waals surface area contributed by atoms with Crippen LogP contribution >= 0.6 is 15.9 Å². The van der Waals surface area contributed by atoms with Crippen LogP contribution < -0.4 is 11.1 Å². The average molecular weight is 350 g/mol. The molecule has 2 rings (SSSR count). The summed E-state index contributed by atoms with van der Waals surface area (Å²) in [7, 11) is 0. The Bertz CT molecular complexity index is 731. The van der Waals surface area contributed by atoms with E-state index in [2.05, 4.69) is 21.2 Å². The number of nitrogens with two attached hydrogens (primary N) is 1. The Labute approximate surface area is 129 Å². The first kappa shape index (κ1) is 15.0. The number of halogens is 1. The fourth-order valence-corrected chi connectivity index (χ4v) is 2.02. The van der Waals surface area contributed by atoms with Gasteiger partial charge in [0.1, 0.15) is 5.69 Å². The Hall–Kier alpha value is -2.41. The van der Waals surface area contributed by atoms with Crippen LogP contribution in [0.4, 0.5) is 17.1 Å². The highest BCUT2D eigenvalue weighted by molar-refractivity contribution is 9.10. The first-order valence-electron chi connectivity index (χ1n) is 6.00.